The largest absolute Gasteiger partial charge is 1.00 e. The molecule has 0 bridgehead atoms. The van der Waals surface area contributed by atoms with E-state index in [1.165, 1.54) is 17.2 Å². The summed E-state index contributed by atoms with van der Waals surface area (Å²) in [5.74, 6) is -1.58. The number of rotatable bonds is 4. The molecule has 0 amide bonds. The fourth-order valence-corrected chi connectivity index (χ4v) is 2.41. The zero-order chi connectivity index (χ0) is 15.4. The Hall–Kier alpha value is -2.26. The first kappa shape index (κ1) is 17.1. The third-order valence-corrected chi connectivity index (χ3v) is 3.60. The van der Waals surface area contributed by atoms with Crippen LogP contribution in [0.5, 0.6) is 0 Å². The monoisotopic (exact) mass is 331 g/mol. The Labute approximate surface area is 140 Å². The first-order chi connectivity index (χ1) is 10.7. The van der Waals surface area contributed by atoms with Crippen LogP contribution in [0.4, 0.5) is 8.78 Å². The highest BCUT2D eigenvalue weighted by Gasteiger charge is 2.11. The molecule has 0 atom stereocenters. The van der Waals surface area contributed by atoms with E-state index in [-0.39, 0.29) is 12.4 Å². The van der Waals surface area contributed by atoms with E-state index in [4.69, 9.17) is 0 Å². The molecule has 0 radical (unpaired) electrons. The summed E-state index contributed by atoms with van der Waals surface area (Å²) in [5, 5.41) is 0. The van der Waals surface area contributed by atoms with Crippen LogP contribution in [0.2, 0.25) is 0 Å². The predicted molar refractivity (Wildman–Crippen MR) is 81.3 cm³/mol. The summed E-state index contributed by atoms with van der Waals surface area (Å²) in [4.78, 5) is 0. The fourth-order valence-electron chi connectivity index (χ4n) is 2.41. The molecule has 0 saturated carbocycles. The topological polar surface area (TPSA) is 3.88 Å². The summed E-state index contributed by atoms with van der Waals surface area (Å²) in [5.41, 5.74) is 2.78. The summed E-state index contributed by atoms with van der Waals surface area (Å²) in [6.07, 6.45) is 4.64. The van der Waals surface area contributed by atoms with Crippen LogP contribution in [-0.2, 0) is 13.0 Å². The number of halogens is 3. The highest BCUT2D eigenvalue weighted by Crippen LogP contribution is 2.11. The lowest BCUT2D eigenvalue weighted by molar-refractivity contribution is -0.688. The molecule has 0 aliphatic carbocycles. The second-order valence-electron chi connectivity index (χ2n) is 5.25. The van der Waals surface area contributed by atoms with Gasteiger partial charge in [0.25, 0.3) is 0 Å². The minimum Gasteiger partial charge on any atom is -1.00 e. The van der Waals surface area contributed by atoms with Crippen LogP contribution in [0.1, 0.15) is 16.7 Å². The van der Waals surface area contributed by atoms with Crippen LogP contribution < -0.4 is 17.0 Å². The molecule has 3 aromatic rings. The lowest BCUT2D eigenvalue weighted by atomic mass is 10.1. The van der Waals surface area contributed by atoms with Gasteiger partial charge in [0.15, 0.2) is 30.6 Å². The Balaban J connectivity index is 0.00000192. The van der Waals surface area contributed by atoms with Crippen LogP contribution in [0.25, 0.3) is 0 Å². The van der Waals surface area contributed by atoms with Crippen LogP contribution in [0.15, 0.2) is 73.1 Å². The van der Waals surface area contributed by atoms with Crippen molar-refractivity contribution in [3.8, 4) is 0 Å². The van der Waals surface area contributed by atoms with Gasteiger partial charge in [0.2, 0.25) is 0 Å². The Morgan fingerprint density at radius 2 is 1.39 bits per heavy atom. The van der Waals surface area contributed by atoms with Crippen molar-refractivity contribution in [2.75, 3.05) is 0 Å². The van der Waals surface area contributed by atoms with Crippen molar-refractivity contribution in [3.05, 3.63) is 101 Å². The summed E-state index contributed by atoms with van der Waals surface area (Å²) in [7, 11) is 0. The van der Waals surface area contributed by atoms with Crippen LogP contribution in [0.3, 0.4) is 0 Å². The molecular formula is C19H16ClF2N. The second-order valence-corrected chi connectivity index (χ2v) is 5.25. The molecule has 2 aromatic carbocycles. The molecule has 4 heteroatoms. The quantitative estimate of drug-likeness (QED) is 0.625. The lowest BCUT2D eigenvalue weighted by Crippen LogP contribution is -3.00. The second kappa shape index (κ2) is 7.84. The van der Waals surface area contributed by atoms with Gasteiger partial charge >= 0.3 is 0 Å². The maximum Gasteiger partial charge on any atom is 0.176 e. The third-order valence-electron chi connectivity index (χ3n) is 3.60. The first-order valence-corrected chi connectivity index (χ1v) is 7.17. The molecule has 1 heterocycles. The summed E-state index contributed by atoms with van der Waals surface area (Å²) in [6.45, 7) is 0.315. The Morgan fingerprint density at radius 3 is 2.09 bits per heavy atom. The van der Waals surface area contributed by atoms with E-state index >= 15 is 0 Å². The molecule has 1 aromatic heterocycles. The lowest BCUT2D eigenvalue weighted by Gasteiger charge is -2.03. The zero-order valence-electron chi connectivity index (χ0n) is 12.4. The van der Waals surface area contributed by atoms with Crippen molar-refractivity contribution in [2.45, 2.75) is 13.0 Å². The van der Waals surface area contributed by atoms with Gasteiger partial charge in [-0.05, 0) is 29.7 Å². The molecular weight excluding hydrogens is 316 g/mol. The van der Waals surface area contributed by atoms with E-state index in [1.807, 2.05) is 47.3 Å². The molecule has 0 aliphatic heterocycles. The van der Waals surface area contributed by atoms with Gasteiger partial charge < -0.3 is 12.4 Å². The summed E-state index contributed by atoms with van der Waals surface area (Å²) >= 11 is 0. The maximum atomic E-state index is 13.7. The maximum absolute atomic E-state index is 13.7. The van der Waals surface area contributed by atoms with Crippen LogP contribution in [0, 0.1) is 11.6 Å². The normalized spacial score (nSPS) is 10.2. The summed E-state index contributed by atoms with van der Waals surface area (Å²) < 4.78 is 28.7. The minimum absolute atomic E-state index is 0. The van der Waals surface area contributed by atoms with Gasteiger partial charge in [-0.15, -0.1) is 0 Å². The number of benzene rings is 2. The molecule has 0 unspecified atom stereocenters. The molecule has 0 fully saturated rings. The number of nitrogens with zero attached hydrogens (tertiary/aromatic N) is 1. The van der Waals surface area contributed by atoms with E-state index < -0.39 is 11.6 Å². The van der Waals surface area contributed by atoms with Gasteiger partial charge in [-0.25, -0.2) is 13.3 Å². The Kier molecular flexibility index (Phi) is 5.83. The molecule has 3 rings (SSSR count). The molecule has 0 aliphatic rings. The number of aromatic nitrogens is 1. The van der Waals surface area contributed by atoms with Crippen molar-refractivity contribution >= 4 is 0 Å². The van der Waals surface area contributed by atoms with Gasteiger partial charge in [0.05, 0.1) is 5.56 Å². The molecule has 23 heavy (non-hydrogen) atoms. The molecule has 0 saturated heterocycles. The van der Waals surface area contributed by atoms with Gasteiger partial charge in [-0.3, -0.25) is 0 Å². The van der Waals surface area contributed by atoms with Gasteiger partial charge in [-0.1, -0.05) is 36.4 Å². The van der Waals surface area contributed by atoms with Crippen molar-refractivity contribution < 1.29 is 25.8 Å². The molecule has 118 valence electrons. The van der Waals surface area contributed by atoms with Crippen molar-refractivity contribution in [1.82, 2.24) is 0 Å². The Bertz CT molecular complexity index is 758. The molecule has 0 spiro atoms. The standard InChI is InChI=1S/C19H16F2N.ClH/c20-18-8-4-7-17(19(18)21)14-22-11-9-16(10-12-22)13-15-5-2-1-3-6-15;/h1-12H,13-14H2;1H/q+1;/p-1. The van der Waals surface area contributed by atoms with Crippen molar-refractivity contribution in [2.24, 2.45) is 0 Å². The van der Waals surface area contributed by atoms with Gasteiger partial charge in [0.1, 0.15) is 0 Å². The fraction of sp³-hybridized carbons (Fsp3) is 0.105. The highest BCUT2D eigenvalue weighted by molar-refractivity contribution is 5.23. The van der Waals surface area contributed by atoms with E-state index in [0.717, 1.165) is 12.5 Å². The number of pyridine rings is 1. The third kappa shape index (κ3) is 4.36. The minimum atomic E-state index is -0.807. The van der Waals surface area contributed by atoms with Gasteiger partial charge in [-0.2, -0.15) is 0 Å². The van der Waals surface area contributed by atoms with Crippen LogP contribution in [-0.4, -0.2) is 0 Å². The Morgan fingerprint density at radius 1 is 0.739 bits per heavy atom. The van der Waals surface area contributed by atoms with Crippen LogP contribution >= 0.6 is 0 Å². The first-order valence-electron chi connectivity index (χ1n) is 7.17. The number of hydrogen-bond donors (Lipinski definition) is 0. The summed E-state index contributed by atoms with van der Waals surface area (Å²) in [6, 6.07) is 18.5. The molecule has 1 nitrogen and oxygen atoms in total. The SMILES string of the molecule is Fc1cccc(C[n+]2ccc(Cc3ccccc3)cc2)c1F.[Cl-]. The number of hydrogen-bond acceptors (Lipinski definition) is 0. The van der Waals surface area contributed by atoms with E-state index in [9.17, 15) is 8.78 Å². The predicted octanol–water partition coefficient (Wildman–Crippen LogP) is 0.895. The average molecular weight is 332 g/mol. The van der Waals surface area contributed by atoms with E-state index in [1.54, 1.807) is 6.07 Å². The van der Waals surface area contributed by atoms with Crippen molar-refractivity contribution in [1.29, 1.82) is 0 Å². The van der Waals surface area contributed by atoms with Gasteiger partial charge in [0, 0.05) is 12.1 Å². The molecule has 0 N–H and O–H groups in total. The van der Waals surface area contributed by atoms with E-state index in [2.05, 4.69) is 12.1 Å². The average Bonchev–Trinajstić information content (AvgIpc) is 2.55. The highest BCUT2D eigenvalue weighted by atomic mass is 35.5. The van der Waals surface area contributed by atoms with E-state index in [0.29, 0.717) is 12.1 Å². The smallest absolute Gasteiger partial charge is 0.176 e. The zero-order valence-corrected chi connectivity index (χ0v) is 13.2. The van der Waals surface area contributed by atoms with Crippen molar-refractivity contribution in [3.63, 3.8) is 0 Å².